The highest BCUT2D eigenvalue weighted by atomic mass is 16.5. The first-order valence-electron chi connectivity index (χ1n) is 10.3. The number of nitrogens with one attached hydrogen (secondary N) is 1. The fraction of sp³-hybridized carbons (Fsp3) is 0.478. The molecule has 0 saturated heterocycles. The molecular weight excluding hydrogens is 352 g/mol. The van der Waals surface area contributed by atoms with Gasteiger partial charge >= 0.3 is 5.97 Å². The Bertz CT molecular complexity index is 832. The molecule has 0 spiro atoms. The summed E-state index contributed by atoms with van der Waals surface area (Å²) in [6, 6.07) is 8.23. The van der Waals surface area contributed by atoms with Gasteiger partial charge in [0.25, 0.3) is 0 Å². The number of ether oxygens (including phenoxy) is 2. The Kier molecular flexibility index (Phi) is 5.79. The van der Waals surface area contributed by atoms with Crippen LogP contribution in [0.3, 0.4) is 0 Å². The molecule has 1 heterocycles. The minimum Gasteiger partial charge on any atom is -0.494 e. The highest BCUT2D eigenvalue weighted by Gasteiger charge is 2.23. The van der Waals surface area contributed by atoms with Gasteiger partial charge in [-0.15, -0.1) is 0 Å². The van der Waals surface area contributed by atoms with Crippen LogP contribution in [0.5, 0.6) is 5.75 Å². The summed E-state index contributed by atoms with van der Waals surface area (Å²) in [4.78, 5) is 16.1. The molecule has 5 nitrogen and oxygen atoms in total. The van der Waals surface area contributed by atoms with E-state index in [9.17, 15) is 4.79 Å². The van der Waals surface area contributed by atoms with E-state index in [0.29, 0.717) is 11.5 Å². The maximum atomic E-state index is 11.9. The van der Waals surface area contributed by atoms with E-state index in [-0.39, 0.29) is 5.97 Å². The monoisotopic (exact) mass is 380 g/mol. The summed E-state index contributed by atoms with van der Waals surface area (Å²) >= 11 is 0. The summed E-state index contributed by atoms with van der Waals surface area (Å²) in [6.07, 6.45) is 10.6. The topological polar surface area (TPSA) is 60.5 Å². The van der Waals surface area contributed by atoms with E-state index in [0.717, 1.165) is 43.3 Å². The number of pyridine rings is 1. The van der Waals surface area contributed by atoms with Gasteiger partial charge in [-0.1, -0.05) is 18.9 Å². The number of carbonyl (C=O) groups excluding carboxylic acids is 1. The van der Waals surface area contributed by atoms with Crippen LogP contribution in [0.1, 0.15) is 59.5 Å². The normalized spacial score (nSPS) is 18.2. The molecular formula is C23H28N2O3. The molecule has 2 aromatic rings. The number of nitrogens with zero attached hydrogens (tertiary/aromatic N) is 1. The molecule has 1 atom stereocenters. The van der Waals surface area contributed by atoms with E-state index in [1.807, 2.05) is 0 Å². The number of methoxy groups -OCH3 is 1. The van der Waals surface area contributed by atoms with Crippen LogP contribution in [0.15, 0.2) is 36.7 Å². The van der Waals surface area contributed by atoms with E-state index in [1.54, 1.807) is 18.5 Å². The van der Waals surface area contributed by atoms with Crippen molar-refractivity contribution in [2.24, 2.45) is 5.92 Å². The van der Waals surface area contributed by atoms with Crippen molar-refractivity contribution >= 4 is 11.7 Å². The molecule has 1 aromatic heterocycles. The average Bonchev–Trinajstić information content (AvgIpc) is 3.56. The molecule has 1 unspecified atom stereocenters. The zero-order valence-corrected chi connectivity index (χ0v) is 16.4. The number of esters is 1. The van der Waals surface area contributed by atoms with Gasteiger partial charge in [-0.25, -0.2) is 4.79 Å². The molecule has 4 rings (SSSR count). The lowest BCUT2D eigenvalue weighted by molar-refractivity contribution is 0.0601. The Morgan fingerprint density at radius 3 is 2.96 bits per heavy atom. The van der Waals surface area contributed by atoms with E-state index in [1.165, 1.54) is 43.9 Å². The summed E-state index contributed by atoms with van der Waals surface area (Å²) in [5, 5.41) is 3.41. The smallest absolute Gasteiger partial charge is 0.340 e. The number of fused-ring (bicyclic) bond motifs is 1. The highest BCUT2D eigenvalue weighted by Crippen LogP contribution is 2.35. The van der Waals surface area contributed by atoms with E-state index in [4.69, 9.17) is 9.47 Å². The van der Waals surface area contributed by atoms with Crippen LogP contribution >= 0.6 is 0 Å². The van der Waals surface area contributed by atoms with Crippen molar-refractivity contribution in [1.29, 1.82) is 0 Å². The number of benzene rings is 1. The van der Waals surface area contributed by atoms with Crippen molar-refractivity contribution in [2.45, 2.75) is 44.4 Å². The van der Waals surface area contributed by atoms with Crippen LogP contribution in [0, 0.1) is 5.92 Å². The first-order valence-corrected chi connectivity index (χ1v) is 10.3. The summed E-state index contributed by atoms with van der Waals surface area (Å²) < 4.78 is 10.8. The predicted molar refractivity (Wildman–Crippen MR) is 109 cm³/mol. The Hall–Kier alpha value is -2.56. The van der Waals surface area contributed by atoms with Crippen molar-refractivity contribution in [3.05, 3.63) is 53.3 Å². The second-order valence-electron chi connectivity index (χ2n) is 7.82. The average molecular weight is 380 g/mol. The third-order valence-corrected chi connectivity index (χ3v) is 5.81. The quantitative estimate of drug-likeness (QED) is 0.679. The van der Waals surface area contributed by atoms with Gasteiger partial charge in [-0.05, 0) is 60.9 Å². The van der Waals surface area contributed by atoms with Gasteiger partial charge in [0.15, 0.2) is 0 Å². The lowest BCUT2D eigenvalue weighted by Gasteiger charge is -2.27. The molecule has 148 valence electrons. The largest absolute Gasteiger partial charge is 0.494 e. The molecule has 5 heteroatoms. The number of hydrogen-bond acceptors (Lipinski definition) is 5. The second-order valence-corrected chi connectivity index (χ2v) is 7.82. The maximum Gasteiger partial charge on any atom is 0.340 e. The number of aryl methyl sites for hydroxylation is 1. The van der Waals surface area contributed by atoms with Gasteiger partial charge in [-0.3, -0.25) is 4.98 Å². The fourth-order valence-corrected chi connectivity index (χ4v) is 4.00. The number of anilines is 1. The highest BCUT2D eigenvalue weighted by molar-refractivity contribution is 5.95. The third kappa shape index (κ3) is 4.46. The molecule has 0 radical (unpaired) electrons. The number of hydrogen-bond donors (Lipinski definition) is 1. The zero-order chi connectivity index (χ0) is 19.3. The minimum absolute atomic E-state index is 0.345. The van der Waals surface area contributed by atoms with Gasteiger partial charge in [-0.2, -0.15) is 0 Å². The molecule has 1 N–H and O–H groups in total. The van der Waals surface area contributed by atoms with E-state index in [2.05, 4.69) is 28.5 Å². The lowest BCUT2D eigenvalue weighted by atomic mass is 9.82. The Morgan fingerprint density at radius 1 is 1.25 bits per heavy atom. The van der Waals surface area contributed by atoms with Crippen molar-refractivity contribution in [1.82, 2.24) is 4.98 Å². The fourth-order valence-electron chi connectivity index (χ4n) is 4.00. The Balaban J connectivity index is 1.41. The Labute approximate surface area is 166 Å². The SMILES string of the molecule is COC(=O)c1ccncc1NCC1CCCc2cc(OCCC3CC3)ccc21. The minimum atomic E-state index is -0.345. The molecule has 0 bridgehead atoms. The first-order chi connectivity index (χ1) is 13.7. The number of aromatic nitrogens is 1. The molecule has 0 aliphatic heterocycles. The maximum absolute atomic E-state index is 11.9. The van der Waals surface area contributed by atoms with Crippen LogP contribution in [0.4, 0.5) is 5.69 Å². The number of carbonyl (C=O) groups is 1. The Morgan fingerprint density at radius 2 is 2.14 bits per heavy atom. The van der Waals surface area contributed by atoms with Crippen LogP contribution in [0.25, 0.3) is 0 Å². The summed E-state index contributed by atoms with van der Waals surface area (Å²) in [5.74, 6) is 1.96. The predicted octanol–water partition coefficient (Wildman–Crippen LogP) is 4.58. The van der Waals surface area contributed by atoms with Crippen LogP contribution < -0.4 is 10.1 Å². The van der Waals surface area contributed by atoms with Crippen molar-refractivity contribution in [2.75, 3.05) is 25.6 Å². The molecule has 2 aliphatic carbocycles. The van der Waals surface area contributed by atoms with E-state index < -0.39 is 0 Å². The van der Waals surface area contributed by atoms with Gasteiger partial charge in [0.1, 0.15) is 5.75 Å². The molecule has 1 fully saturated rings. The second kappa shape index (κ2) is 8.63. The van der Waals surface area contributed by atoms with Crippen LogP contribution in [-0.2, 0) is 11.2 Å². The summed E-state index contributed by atoms with van der Waals surface area (Å²) in [5.41, 5.74) is 4.02. The first kappa shape index (κ1) is 18.8. The van der Waals surface area contributed by atoms with E-state index >= 15 is 0 Å². The molecule has 1 aromatic carbocycles. The van der Waals surface area contributed by atoms with Gasteiger partial charge < -0.3 is 14.8 Å². The van der Waals surface area contributed by atoms with Gasteiger partial charge in [0, 0.05) is 18.7 Å². The van der Waals surface area contributed by atoms with Crippen molar-refractivity contribution in [3.8, 4) is 5.75 Å². The molecule has 28 heavy (non-hydrogen) atoms. The molecule has 0 amide bonds. The number of rotatable bonds is 8. The summed E-state index contributed by atoms with van der Waals surface area (Å²) in [6.45, 7) is 1.59. The summed E-state index contributed by atoms with van der Waals surface area (Å²) in [7, 11) is 1.40. The van der Waals surface area contributed by atoms with Crippen LogP contribution in [0.2, 0.25) is 0 Å². The van der Waals surface area contributed by atoms with Crippen molar-refractivity contribution < 1.29 is 14.3 Å². The van der Waals surface area contributed by atoms with Crippen LogP contribution in [-0.4, -0.2) is 31.2 Å². The van der Waals surface area contributed by atoms with Crippen molar-refractivity contribution in [3.63, 3.8) is 0 Å². The standard InChI is InChI=1S/C23H28N2O3/c1-27-23(26)21-9-11-24-15-22(21)25-14-18-4-2-3-17-13-19(7-8-20(17)18)28-12-10-16-5-6-16/h7-9,11,13,15-16,18,25H,2-6,10,12,14H2,1H3. The molecule has 1 saturated carbocycles. The van der Waals surface area contributed by atoms with Gasteiger partial charge in [0.2, 0.25) is 0 Å². The zero-order valence-electron chi connectivity index (χ0n) is 16.4. The third-order valence-electron chi connectivity index (χ3n) is 5.81. The lowest BCUT2D eigenvalue weighted by Crippen LogP contribution is -2.19. The molecule has 2 aliphatic rings. The van der Waals surface area contributed by atoms with Gasteiger partial charge in [0.05, 0.1) is 31.2 Å².